The number of likely N-dealkylation sites (tertiary alicyclic amines) is 1. The van der Waals surface area contributed by atoms with Gasteiger partial charge in [-0.2, -0.15) is 0 Å². The van der Waals surface area contributed by atoms with Crippen LogP contribution in [-0.4, -0.2) is 29.2 Å². The number of piperidine rings is 1. The fourth-order valence-electron chi connectivity index (χ4n) is 1.37. The molecule has 0 N–H and O–H groups in total. The summed E-state index contributed by atoms with van der Waals surface area (Å²) in [4.78, 5) is 13.3. The van der Waals surface area contributed by atoms with Gasteiger partial charge in [-0.1, -0.05) is 22.0 Å². The second-order valence-electron chi connectivity index (χ2n) is 2.94. The SMILES string of the molecule is O=C(/C=C/CBr)N1CCCCC1. The lowest BCUT2D eigenvalue weighted by Gasteiger charge is -2.25. The Morgan fingerprint density at radius 3 is 2.58 bits per heavy atom. The van der Waals surface area contributed by atoms with E-state index in [1.54, 1.807) is 6.08 Å². The second-order valence-corrected chi connectivity index (χ2v) is 3.59. The molecule has 68 valence electrons. The first-order chi connectivity index (χ1) is 5.84. The van der Waals surface area contributed by atoms with Gasteiger partial charge in [-0.25, -0.2) is 0 Å². The third-order valence-corrected chi connectivity index (χ3v) is 2.39. The summed E-state index contributed by atoms with van der Waals surface area (Å²) in [5, 5.41) is 0.757. The zero-order valence-corrected chi connectivity index (χ0v) is 8.72. The highest BCUT2D eigenvalue weighted by Gasteiger charge is 2.12. The van der Waals surface area contributed by atoms with Crippen LogP contribution in [0, 0.1) is 0 Å². The van der Waals surface area contributed by atoms with Crippen molar-refractivity contribution in [1.82, 2.24) is 4.90 Å². The Morgan fingerprint density at radius 1 is 1.33 bits per heavy atom. The molecule has 2 nitrogen and oxygen atoms in total. The fourth-order valence-corrected chi connectivity index (χ4v) is 1.55. The zero-order chi connectivity index (χ0) is 8.81. The van der Waals surface area contributed by atoms with E-state index in [2.05, 4.69) is 15.9 Å². The van der Waals surface area contributed by atoms with Crippen molar-refractivity contribution >= 4 is 21.8 Å². The Bertz CT molecular complexity index is 173. The van der Waals surface area contributed by atoms with E-state index in [0.29, 0.717) is 0 Å². The van der Waals surface area contributed by atoms with E-state index in [0.717, 1.165) is 31.3 Å². The number of carbonyl (C=O) groups excluding carboxylic acids is 1. The molecule has 12 heavy (non-hydrogen) atoms. The summed E-state index contributed by atoms with van der Waals surface area (Å²) in [6, 6.07) is 0. The molecule has 0 aromatic rings. The molecule has 1 aliphatic heterocycles. The summed E-state index contributed by atoms with van der Waals surface area (Å²) in [5.74, 6) is 0.161. The third kappa shape index (κ3) is 2.97. The van der Waals surface area contributed by atoms with Crippen molar-refractivity contribution < 1.29 is 4.79 Å². The van der Waals surface area contributed by atoms with Crippen LogP contribution in [0.15, 0.2) is 12.2 Å². The maximum Gasteiger partial charge on any atom is 0.246 e. The molecular formula is C9H14BrNO. The molecule has 0 aromatic carbocycles. The largest absolute Gasteiger partial charge is 0.339 e. The van der Waals surface area contributed by atoms with Crippen molar-refractivity contribution in [3.05, 3.63) is 12.2 Å². The summed E-state index contributed by atoms with van der Waals surface area (Å²) >= 11 is 3.24. The van der Waals surface area contributed by atoms with E-state index >= 15 is 0 Å². The second kappa shape index (κ2) is 5.36. The molecular weight excluding hydrogens is 218 g/mol. The molecule has 1 rings (SSSR count). The highest BCUT2D eigenvalue weighted by atomic mass is 79.9. The van der Waals surface area contributed by atoms with Gasteiger partial charge in [0.05, 0.1) is 0 Å². The maximum atomic E-state index is 11.4. The Hall–Kier alpha value is -0.310. The van der Waals surface area contributed by atoms with E-state index < -0.39 is 0 Å². The van der Waals surface area contributed by atoms with Crippen LogP contribution in [0.25, 0.3) is 0 Å². The lowest BCUT2D eigenvalue weighted by atomic mass is 10.1. The first kappa shape index (κ1) is 9.78. The number of rotatable bonds is 2. The topological polar surface area (TPSA) is 20.3 Å². The number of carbonyl (C=O) groups is 1. The molecule has 0 saturated carbocycles. The van der Waals surface area contributed by atoms with Gasteiger partial charge in [-0.15, -0.1) is 0 Å². The summed E-state index contributed by atoms with van der Waals surface area (Å²) in [6.07, 6.45) is 7.09. The van der Waals surface area contributed by atoms with E-state index in [9.17, 15) is 4.79 Å². The van der Waals surface area contributed by atoms with Crippen molar-refractivity contribution in [3.8, 4) is 0 Å². The molecule has 0 unspecified atom stereocenters. The van der Waals surface area contributed by atoms with Crippen LogP contribution in [0.5, 0.6) is 0 Å². The van der Waals surface area contributed by atoms with Crippen LogP contribution in [0.2, 0.25) is 0 Å². The smallest absolute Gasteiger partial charge is 0.246 e. The van der Waals surface area contributed by atoms with Gasteiger partial charge in [0.2, 0.25) is 5.91 Å². The van der Waals surface area contributed by atoms with Crippen LogP contribution >= 0.6 is 15.9 Å². The van der Waals surface area contributed by atoms with Crippen molar-refractivity contribution in [2.75, 3.05) is 18.4 Å². The molecule has 1 fully saturated rings. The minimum absolute atomic E-state index is 0.161. The standard InChI is InChI=1S/C9H14BrNO/c10-6-4-5-9(12)11-7-2-1-3-8-11/h4-5H,1-3,6-8H2/b5-4+. The Kier molecular flexibility index (Phi) is 4.36. The van der Waals surface area contributed by atoms with Gasteiger partial charge in [-0.3, -0.25) is 4.79 Å². The normalized spacial score (nSPS) is 18.6. The van der Waals surface area contributed by atoms with Gasteiger partial charge in [-0.05, 0) is 25.3 Å². The maximum absolute atomic E-state index is 11.4. The van der Waals surface area contributed by atoms with E-state index in [-0.39, 0.29) is 5.91 Å². The number of nitrogens with zero attached hydrogens (tertiary/aromatic N) is 1. The highest BCUT2D eigenvalue weighted by molar-refractivity contribution is 9.09. The summed E-state index contributed by atoms with van der Waals surface area (Å²) in [7, 11) is 0. The molecule has 1 amide bonds. The number of alkyl halides is 1. The zero-order valence-electron chi connectivity index (χ0n) is 7.13. The third-order valence-electron chi connectivity index (χ3n) is 2.02. The van der Waals surface area contributed by atoms with Crippen LogP contribution in [0.4, 0.5) is 0 Å². The molecule has 1 aliphatic rings. The van der Waals surface area contributed by atoms with Crippen molar-refractivity contribution in [3.63, 3.8) is 0 Å². The van der Waals surface area contributed by atoms with Crippen molar-refractivity contribution in [1.29, 1.82) is 0 Å². The number of amides is 1. The number of hydrogen-bond donors (Lipinski definition) is 0. The Balaban J connectivity index is 2.34. The van der Waals surface area contributed by atoms with E-state index in [1.165, 1.54) is 6.42 Å². The van der Waals surface area contributed by atoms with Gasteiger partial charge in [0.15, 0.2) is 0 Å². The Morgan fingerprint density at radius 2 is 2.00 bits per heavy atom. The van der Waals surface area contributed by atoms with Gasteiger partial charge < -0.3 is 4.90 Å². The van der Waals surface area contributed by atoms with Crippen LogP contribution in [0.3, 0.4) is 0 Å². The molecule has 0 spiro atoms. The lowest BCUT2D eigenvalue weighted by molar-refractivity contribution is -0.126. The van der Waals surface area contributed by atoms with Crippen molar-refractivity contribution in [2.45, 2.75) is 19.3 Å². The lowest BCUT2D eigenvalue weighted by Crippen LogP contribution is -2.34. The average Bonchev–Trinajstić information content (AvgIpc) is 2.15. The predicted molar refractivity (Wildman–Crippen MR) is 53.4 cm³/mol. The molecule has 1 heterocycles. The summed E-state index contributed by atoms with van der Waals surface area (Å²) < 4.78 is 0. The Labute approximate surface area is 81.8 Å². The molecule has 1 saturated heterocycles. The number of hydrogen-bond acceptors (Lipinski definition) is 1. The van der Waals surface area contributed by atoms with E-state index in [4.69, 9.17) is 0 Å². The molecule has 0 aliphatic carbocycles. The van der Waals surface area contributed by atoms with Gasteiger partial charge in [0.25, 0.3) is 0 Å². The fraction of sp³-hybridized carbons (Fsp3) is 0.667. The minimum atomic E-state index is 0.161. The van der Waals surface area contributed by atoms with Crippen LogP contribution in [0.1, 0.15) is 19.3 Å². The molecule has 3 heteroatoms. The molecule has 0 aromatic heterocycles. The summed E-state index contributed by atoms with van der Waals surface area (Å²) in [6.45, 7) is 1.87. The quantitative estimate of drug-likeness (QED) is 0.526. The van der Waals surface area contributed by atoms with Crippen LogP contribution < -0.4 is 0 Å². The first-order valence-corrected chi connectivity index (χ1v) is 5.48. The molecule has 0 bridgehead atoms. The predicted octanol–water partition coefficient (Wildman–Crippen LogP) is 1.95. The highest BCUT2D eigenvalue weighted by Crippen LogP contribution is 2.08. The molecule has 0 radical (unpaired) electrons. The minimum Gasteiger partial charge on any atom is -0.339 e. The van der Waals surface area contributed by atoms with E-state index in [1.807, 2.05) is 11.0 Å². The van der Waals surface area contributed by atoms with Crippen molar-refractivity contribution in [2.24, 2.45) is 0 Å². The van der Waals surface area contributed by atoms with Gasteiger partial charge in [0, 0.05) is 18.4 Å². The summed E-state index contributed by atoms with van der Waals surface area (Å²) in [5.41, 5.74) is 0. The average molecular weight is 232 g/mol. The van der Waals surface area contributed by atoms with Crippen LogP contribution in [-0.2, 0) is 4.79 Å². The number of halogens is 1. The number of allylic oxidation sites excluding steroid dienone is 1. The van der Waals surface area contributed by atoms with Gasteiger partial charge in [0.1, 0.15) is 0 Å². The monoisotopic (exact) mass is 231 g/mol. The molecule has 0 atom stereocenters. The first-order valence-electron chi connectivity index (χ1n) is 4.36. The van der Waals surface area contributed by atoms with Gasteiger partial charge >= 0.3 is 0 Å².